The van der Waals surface area contributed by atoms with Crippen LogP contribution in [-0.2, 0) is 14.3 Å². The maximum absolute atomic E-state index is 11.9. The minimum Gasteiger partial charge on any atom is -0.462 e. The summed E-state index contributed by atoms with van der Waals surface area (Å²) in [5, 5.41) is 0. The Balaban J connectivity index is 2.29. The minimum atomic E-state index is -0.756. The largest absolute Gasteiger partial charge is 0.462 e. The number of nitrogens with two attached hydrogens (primary N) is 1. The van der Waals surface area contributed by atoms with Crippen LogP contribution in [0, 0.1) is 0 Å². The van der Waals surface area contributed by atoms with E-state index in [4.69, 9.17) is 15.2 Å². The number of carbonyl (C=O) groups excluding carboxylic acids is 1. The van der Waals surface area contributed by atoms with Crippen molar-refractivity contribution in [2.24, 2.45) is 5.73 Å². The maximum atomic E-state index is 11.9. The molecule has 100 valence electrons. The summed E-state index contributed by atoms with van der Waals surface area (Å²) in [5.74, 6) is -0.258. The number of hydrogen-bond acceptors (Lipinski definition) is 4. The van der Waals surface area contributed by atoms with Crippen molar-refractivity contribution in [2.45, 2.75) is 64.0 Å². The van der Waals surface area contributed by atoms with Gasteiger partial charge in [-0.05, 0) is 26.7 Å². The second-order valence-electron chi connectivity index (χ2n) is 5.13. The second kappa shape index (κ2) is 6.97. The summed E-state index contributed by atoms with van der Waals surface area (Å²) in [6, 6.07) is 0. The highest BCUT2D eigenvalue weighted by Gasteiger charge is 2.35. The van der Waals surface area contributed by atoms with E-state index in [1.807, 2.05) is 13.8 Å². The molecular weight excluding hydrogens is 218 g/mol. The van der Waals surface area contributed by atoms with Gasteiger partial charge in [0.05, 0.1) is 12.7 Å². The van der Waals surface area contributed by atoms with Crippen molar-refractivity contribution in [3.8, 4) is 0 Å². The van der Waals surface area contributed by atoms with Crippen molar-refractivity contribution in [1.82, 2.24) is 0 Å². The van der Waals surface area contributed by atoms with Crippen LogP contribution >= 0.6 is 0 Å². The van der Waals surface area contributed by atoms with Gasteiger partial charge in [0.15, 0.2) is 0 Å². The predicted molar refractivity (Wildman–Crippen MR) is 66.7 cm³/mol. The lowest BCUT2D eigenvalue weighted by molar-refractivity contribution is -0.152. The first-order chi connectivity index (χ1) is 8.04. The van der Waals surface area contributed by atoms with E-state index in [1.54, 1.807) is 0 Å². The molecule has 1 aliphatic rings. The smallest absolute Gasteiger partial charge is 0.326 e. The predicted octanol–water partition coefficient (Wildman–Crippen LogP) is 2.01. The van der Waals surface area contributed by atoms with Crippen LogP contribution in [0.5, 0.6) is 0 Å². The van der Waals surface area contributed by atoms with Crippen LogP contribution in [-0.4, -0.2) is 30.8 Å². The summed E-state index contributed by atoms with van der Waals surface area (Å²) >= 11 is 0. The normalized spacial score (nSPS) is 20.0. The number of ether oxygens (including phenoxy) is 2. The third-order valence-electron chi connectivity index (χ3n) is 3.17. The minimum absolute atomic E-state index is 0.165. The summed E-state index contributed by atoms with van der Waals surface area (Å²) in [6.45, 7) is 4.66. The maximum Gasteiger partial charge on any atom is 0.326 e. The highest BCUT2D eigenvalue weighted by atomic mass is 16.6. The Morgan fingerprint density at radius 1 is 1.18 bits per heavy atom. The highest BCUT2D eigenvalue weighted by molar-refractivity contribution is 5.80. The molecule has 0 aromatic heterocycles. The van der Waals surface area contributed by atoms with Crippen LogP contribution < -0.4 is 5.73 Å². The quantitative estimate of drug-likeness (QED) is 0.456. The van der Waals surface area contributed by atoms with E-state index in [0.29, 0.717) is 13.2 Å². The molecule has 0 spiro atoms. The number of hydrogen-bond donors (Lipinski definition) is 1. The standard InChI is InChI=1S/C13H25NO3/c1-11(2)16-9-10-17-12(15)13(14)7-5-3-4-6-8-13/h11H,3-10,14H2,1-2H3. The van der Waals surface area contributed by atoms with Crippen molar-refractivity contribution in [3.05, 3.63) is 0 Å². The summed E-state index contributed by atoms with van der Waals surface area (Å²) in [6.07, 6.45) is 6.04. The van der Waals surface area contributed by atoms with Gasteiger partial charge in [0.1, 0.15) is 12.1 Å². The fraction of sp³-hybridized carbons (Fsp3) is 0.923. The van der Waals surface area contributed by atoms with Gasteiger partial charge in [-0.15, -0.1) is 0 Å². The third kappa shape index (κ3) is 5.04. The van der Waals surface area contributed by atoms with Crippen LogP contribution in [0.3, 0.4) is 0 Å². The summed E-state index contributed by atoms with van der Waals surface area (Å²) in [4.78, 5) is 11.9. The SMILES string of the molecule is CC(C)OCCOC(=O)C1(N)CCCCCC1. The molecular formula is C13H25NO3. The summed E-state index contributed by atoms with van der Waals surface area (Å²) < 4.78 is 10.5. The monoisotopic (exact) mass is 243 g/mol. The first-order valence-electron chi connectivity index (χ1n) is 6.62. The van der Waals surface area contributed by atoms with E-state index >= 15 is 0 Å². The summed E-state index contributed by atoms with van der Waals surface area (Å²) in [7, 11) is 0. The topological polar surface area (TPSA) is 61.5 Å². The van der Waals surface area contributed by atoms with E-state index in [0.717, 1.165) is 25.7 Å². The fourth-order valence-corrected chi connectivity index (χ4v) is 2.13. The first-order valence-corrected chi connectivity index (χ1v) is 6.62. The van der Waals surface area contributed by atoms with Crippen LogP contribution in [0.1, 0.15) is 52.4 Å². The molecule has 0 unspecified atom stereocenters. The molecule has 0 aliphatic heterocycles. The Kier molecular flexibility index (Phi) is 5.92. The molecule has 0 aromatic carbocycles. The van der Waals surface area contributed by atoms with E-state index in [-0.39, 0.29) is 12.1 Å². The second-order valence-corrected chi connectivity index (χ2v) is 5.13. The molecule has 0 heterocycles. The average Bonchev–Trinajstić information content (AvgIpc) is 2.50. The van der Waals surface area contributed by atoms with E-state index in [2.05, 4.69) is 0 Å². The molecule has 0 bridgehead atoms. The molecule has 1 aliphatic carbocycles. The highest BCUT2D eigenvalue weighted by Crippen LogP contribution is 2.25. The molecule has 1 fully saturated rings. The van der Waals surface area contributed by atoms with E-state index in [9.17, 15) is 4.79 Å². The zero-order valence-corrected chi connectivity index (χ0v) is 11.0. The molecule has 4 heteroatoms. The van der Waals surface area contributed by atoms with Crippen LogP contribution in [0.15, 0.2) is 0 Å². The Morgan fingerprint density at radius 3 is 2.29 bits per heavy atom. The van der Waals surface area contributed by atoms with Gasteiger partial charge in [-0.2, -0.15) is 0 Å². The molecule has 17 heavy (non-hydrogen) atoms. The number of esters is 1. The molecule has 0 aromatic rings. The lowest BCUT2D eigenvalue weighted by atomic mass is 9.92. The zero-order valence-electron chi connectivity index (χ0n) is 11.0. The lowest BCUT2D eigenvalue weighted by Gasteiger charge is -2.25. The Labute approximate surface area is 104 Å². The zero-order chi connectivity index (χ0) is 12.7. The van der Waals surface area contributed by atoms with Crippen molar-refractivity contribution in [2.75, 3.05) is 13.2 Å². The van der Waals surface area contributed by atoms with E-state index < -0.39 is 5.54 Å². The van der Waals surface area contributed by atoms with Gasteiger partial charge in [-0.3, -0.25) is 4.79 Å². The van der Waals surface area contributed by atoms with Gasteiger partial charge in [0.25, 0.3) is 0 Å². The Hall–Kier alpha value is -0.610. The first kappa shape index (κ1) is 14.5. The average molecular weight is 243 g/mol. The molecule has 0 atom stereocenters. The van der Waals surface area contributed by atoms with Crippen molar-refractivity contribution in [3.63, 3.8) is 0 Å². The van der Waals surface area contributed by atoms with Crippen molar-refractivity contribution in [1.29, 1.82) is 0 Å². The third-order valence-corrected chi connectivity index (χ3v) is 3.17. The molecule has 0 saturated heterocycles. The van der Waals surface area contributed by atoms with E-state index in [1.165, 1.54) is 12.8 Å². The van der Waals surface area contributed by atoms with Gasteiger partial charge in [0.2, 0.25) is 0 Å². The number of rotatable bonds is 5. The van der Waals surface area contributed by atoms with Gasteiger partial charge >= 0.3 is 5.97 Å². The molecule has 0 radical (unpaired) electrons. The molecule has 2 N–H and O–H groups in total. The summed E-state index contributed by atoms with van der Waals surface area (Å²) in [5.41, 5.74) is 5.37. The van der Waals surface area contributed by atoms with Gasteiger partial charge in [0, 0.05) is 0 Å². The van der Waals surface area contributed by atoms with Crippen LogP contribution in [0.4, 0.5) is 0 Å². The van der Waals surface area contributed by atoms with Gasteiger partial charge < -0.3 is 15.2 Å². The molecule has 1 saturated carbocycles. The van der Waals surface area contributed by atoms with Gasteiger partial charge in [-0.25, -0.2) is 0 Å². The Bertz CT molecular complexity index is 233. The number of carbonyl (C=O) groups is 1. The van der Waals surface area contributed by atoms with Crippen molar-refractivity contribution >= 4 is 5.97 Å². The fourth-order valence-electron chi connectivity index (χ4n) is 2.13. The van der Waals surface area contributed by atoms with Crippen LogP contribution in [0.25, 0.3) is 0 Å². The van der Waals surface area contributed by atoms with Crippen LogP contribution in [0.2, 0.25) is 0 Å². The molecule has 1 rings (SSSR count). The molecule has 0 amide bonds. The van der Waals surface area contributed by atoms with Crippen molar-refractivity contribution < 1.29 is 14.3 Å². The molecule has 4 nitrogen and oxygen atoms in total. The lowest BCUT2D eigenvalue weighted by Crippen LogP contribution is -2.48. The van der Waals surface area contributed by atoms with Gasteiger partial charge in [-0.1, -0.05) is 25.7 Å². The Morgan fingerprint density at radius 2 is 1.76 bits per heavy atom.